The Labute approximate surface area is 143 Å². The predicted molar refractivity (Wildman–Crippen MR) is 90.7 cm³/mol. The summed E-state index contributed by atoms with van der Waals surface area (Å²) < 4.78 is 6.05. The number of carbonyl (C=O) groups excluding carboxylic acids is 1. The fraction of sp³-hybridized carbons (Fsp3) is 0.667. The van der Waals surface area contributed by atoms with Gasteiger partial charge in [0.05, 0.1) is 21.8 Å². The van der Waals surface area contributed by atoms with Crippen molar-refractivity contribution in [3.63, 3.8) is 0 Å². The number of esters is 1. The average molecular weight is 395 g/mol. The second-order valence-corrected chi connectivity index (χ2v) is 8.58. The number of ether oxygens (including phenoxy) is 1. The van der Waals surface area contributed by atoms with Crippen molar-refractivity contribution in [3.8, 4) is 0 Å². The molecule has 3 nitrogen and oxygen atoms in total. The van der Waals surface area contributed by atoms with Crippen LogP contribution in [0.5, 0.6) is 0 Å². The molecule has 1 unspecified atom stereocenters. The number of halogens is 2. The van der Waals surface area contributed by atoms with Gasteiger partial charge in [-0.1, -0.05) is 24.4 Å². The third kappa shape index (κ3) is 4.44. The van der Waals surface area contributed by atoms with Crippen LogP contribution in [0.1, 0.15) is 56.4 Å². The van der Waals surface area contributed by atoms with Gasteiger partial charge >= 0.3 is 5.97 Å². The molecule has 1 aliphatic carbocycles. The molecule has 118 valence electrons. The zero-order valence-electron chi connectivity index (χ0n) is 12.2. The van der Waals surface area contributed by atoms with Crippen molar-refractivity contribution >= 4 is 44.8 Å². The van der Waals surface area contributed by atoms with E-state index in [1.54, 1.807) is 11.3 Å². The number of carbonyl (C=O) groups is 1. The van der Waals surface area contributed by atoms with E-state index in [1.807, 2.05) is 13.0 Å². The molecule has 21 heavy (non-hydrogen) atoms. The zero-order valence-corrected chi connectivity index (χ0v) is 15.3. The molecule has 6 heteroatoms. The predicted octanol–water partition coefficient (Wildman–Crippen LogP) is 5.07. The van der Waals surface area contributed by atoms with Gasteiger partial charge in [-0.2, -0.15) is 0 Å². The van der Waals surface area contributed by atoms with Crippen LogP contribution in [0.25, 0.3) is 0 Å². The summed E-state index contributed by atoms with van der Waals surface area (Å²) in [5.41, 5.74) is 6.37. The summed E-state index contributed by atoms with van der Waals surface area (Å²) in [5, 5.41) is 0.705. The first kappa shape index (κ1) is 17.3. The number of thiophene rings is 1. The van der Waals surface area contributed by atoms with Crippen LogP contribution >= 0.6 is 38.9 Å². The van der Waals surface area contributed by atoms with Crippen LogP contribution in [-0.4, -0.2) is 12.6 Å². The fourth-order valence-corrected chi connectivity index (χ4v) is 4.96. The Bertz CT molecular complexity index is 480. The molecule has 1 atom stereocenters. The molecule has 0 aromatic carbocycles. The Kier molecular flexibility index (Phi) is 6.12. The second-order valence-electron chi connectivity index (χ2n) is 5.77. The minimum Gasteiger partial charge on any atom is -0.466 e. The molecule has 1 aliphatic rings. The lowest BCUT2D eigenvalue weighted by atomic mass is 9.77. The van der Waals surface area contributed by atoms with Crippen molar-refractivity contribution in [2.45, 2.75) is 51.5 Å². The molecule has 0 saturated heterocycles. The summed E-state index contributed by atoms with van der Waals surface area (Å²) in [5.74, 6) is -0.100. The molecular formula is C15H21BrClNO2S. The SMILES string of the molecule is CCOC(=O)CC1(CC(N)c2cc(Cl)c(Br)s2)CCCC1. The second kappa shape index (κ2) is 7.44. The molecule has 1 aromatic rings. The molecule has 1 aromatic heterocycles. The normalized spacial score (nSPS) is 18.7. The Morgan fingerprint density at radius 3 is 2.76 bits per heavy atom. The van der Waals surface area contributed by atoms with Gasteiger partial charge in [0.1, 0.15) is 0 Å². The van der Waals surface area contributed by atoms with E-state index in [4.69, 9.17) is 22.1 Å². The Hall–Kier alpha value is -0.100. The molecule has 2 rings (SSSR count). The van der Waals surface area contributed by atoms with E-state index in [-0.39, 0.29) is 17.4 Å². The van der Waals surface area contributed by atoms with Crippen molar-refractivity contribution < 1.29 is 9.53 Å². The van der Waals surface area contributed by atoms with Gasteiger partial charge in [0, 0.05) is 10.9 Å². The summed E-state index contributed by atoms with van der Waals surface area (Å²) in [6.45, 7) is 2.28. The highest BCUT2D eigenvalue weighted by molar-refractivity contribution is 9.11. The van der Waals surface area contributed by atoms with Gasteiger partial charge in [0.15, 0.2) is 0 Å². The third-order valence-electron chi connectivity index (χ3n) is 4.17. The molecule has 0 aliphatic heterocycles. The van der Waals surface area contributed by atoms with Crippen LogP contribution in [0.15, 0.2) is 9.85 Å². The highest BCUT2D eigenvalue weighted by Crippen LogP contribution is 2.48. The molecule has 2 N–H and O–H groups in total. The van der Waals surface area contributed by atoms with Gasteiger partial charge in [0.25, 0.3) is 0 Å². The minimum atomic E-state index is -0.100. The van der Waals surface area contributed by atoms with E-state index in [1.165, 1.54) is 12.8 Å². The maximum Gasteiger partial charge on any atom is 0.306 e. The van der Waals surface area contributed by atoms with E-state index in [2.05, 4.69) is 15.9 Å². The smallest absolute Gasteiger partial charge is 0.306 e. The maximum absolute atomic E-state index is 11.9. The molecule has 1 saturated carbocycles. The summed E-state index contributed by atoms with van der Waals surface area (Å²) in [6, 6.07) is 1.85. The van der Waals surface area contributed by atoms with Crippen LogP contribution in [0.4, 0.5) is 0 Å². The molecular weight excluding hydrogens is 374 g/mol. The first-order valence-electron chi connectivity index (χ1n) is 7.32. The van der Waals surface area contributed by atoms with Crippen LogP contribution < -0.4 is 5.73 Å². The van der Waals surface area contributed by atoms with Gasteiger partial charge in [-0.25, -0.2) is 0 Å². The van der Waals surface area contributed by atoms with Crippen molar-refractivity contribution in [3.05, 3.63) is 19.8 Å². The molecule has 0 bridgehead atoms. The van der Waals surface area contributed by atoms with Crippen LogP contribution in [-0.2, 0) is 9.53 Å². The van der Waals surface area contributed by atoms with Crippen molar-refractivity contribution in [2.24, 2.45) is 11.1 Å². The molecule has 0 radical (unpaired) electrons. The lowest BCUT2D eigenvalue weighted by Gasteiger charge is -2.30. The quantitative estimate of drug-likeness (QED) is 0.685. The lowest BCUT2D eigenvalue weighted by molar-refractivity contribution is -0.146. The van der Waals surface area contributed by atoms with E-state index >= 15 is 0 Å². The van der Waals surface area contributed by atoms with E-state index in [0.29, 0.717) is 18.1 Å². The van der Waals surface area contributed by atoms with Gasteiger partial charge in [0.2, 0.25) is 0 Å². The van der Waals surface area contributed by atoms with E-state index in [9.17, 15) is 4.79 Å². The number of hydrogen-bond donors (Lipinski definition) is 1. The summed E-state index contributed by atoms with van der Waals surface area (Å²) in [4.78, 5) is 13.0. The van der Waals surface area contributed by atoms with Crippen molar-refractivity contribution in [2.75, 3.05) is 6.61 Å². The number of hydrogen-bond acceptors (Lipinski definition) is 4. The van der Waals surface area contributed by atoms with Gasteiger partial charge < -0.3 is 10.5 Å². The summed E-state index contributed by atoms with van der Waals surface area (Å²) in [6.07, 6.45) is 5.74. The average Bonchev–Trinajstić information content (AvgIpc) is 2.98. The van der Waals surface area contributed by atoms with Gasteiger partial charge in [-0.3, -0.25) is 4.79 Å². The van der Waals surface area contributed by atoms with E-state index in [0.717, 1.165) is 27.9 Å². The van der Waals surface area contributed by atoms with Crippen LogP contribution in [0.2, 0.25) is 5.02 Å². The topological polar surface area (TPSA) is 52.3 Å². The Balaban J connectivity index is 2.06. The van der Waals surface area contributed by atoms with Gasteiger partial charge in [-0.15, -0.1) is 11.3 Å². The summed E-state index contributed by atoms with van der Waals surface area (Å²) >= 11 is 11.1. The van der Waals surface area contributed by atoms with Gasteiger partial charge in [-0.05, 0) is 53.6 Å². The maximum atomic E-state index is 11.9. The molecule has 0 spiro atoms. The molecule has 0 amide bonds. The Morgan fingerprint density at radius 1 is 1.57 bits per heavy atom. The molecule has 1 fully saturated rings. The lowest BCUT2D eigenvalue weighted by Crippen LogP contribution is -2.27. The zero-order chi connectivity index (χ0) is 15.5. The highest BCUT2D eigenvalue weighted by atomic mass is 79.9. The monoisotopic (exact) mass is 393 g/mol. The van der Waals surface area contributed by atoms with Crippen LogP contribution in [0, 0.1) is 5.41 Å². The minimum absolute atomic E-state index is 0.00534. The standard InChI is InChI=1S/C15H21BrClNO2S/c1-2-20-13(19)9-15(5-3-4-6-15)8-11(18)12-7-10(17)14(16)21-12/h7,11H,2-6,8-9,18H2,1H3. The largest absolute Gasteiger partial charge is 0.466 e. The first-order chi connectivity index (χ1) is 9.96. The van der Waals surface area contributed by atoms with E-state index < -0.39 is 0 Å². The van der Waals surface area contributed by atoms with Crippen molar-refractivity contribution in [1.82, 2.24) is 0 Å². The van der Waals surface area contributed by atoms with Crippen LogP contribution in [0.3, 0.4) is 0 Å². The summed E-state index contributed by atoms with van der Waals surface area (Å²) in [7, 11) is 0. The molecule has 1 heterocycles. The number of rotatable bonds is 6. The highest BCUT2D eigenvalue weighted by Gasteiger charge is 2.38. The third-order valence-corrected chi connectivity index (χ3v) is 6.78. The number of nitrogens with two attached hydrogens (primary N) is 1. The van der Waals surface area contributed by atoms with Crippen molar-refractivity contribution in [1.29, 1.82) is 0 Å². The first-order valence-corrected chi connectivity index (χ1v) is 9.30. The Morgan fingerprint density at radius 2 is 2.24 bits per heavy atom. The fourth-order valence-electron chi connectivity index (χ4n) is 3.21.